The third-order valence-corrected chi connectivity index (χ3v) is 2.82. The molecule has 0 radical (unpaired) electrons. The maximum Gasteiger partial charge on any atom is 0.322 e. The van der Waals surface area contributed by atoms with E-state index in [2.05, 4.69) is 9.97 Å². The summed E-state index contributed by atoms with van der Waals surface area (Å²) < 4.78 is 5.74. The molecule has 0 saturated heterocycles. The molecule has 0 saturated carbocycles. The first-order valence-electron chi connectivity index (χ1n) is 6.23. The lowest BCUT2D eigenvalue weighted by atomic mass is 10.1. The average Bonchev–Trinajstić information content (AvgIpc) is 2.51. The zero-order valence-corrected chi connectivity index (χ0v) is 10.7. The van der Waals surface area contributed by atoms with Gasteiger partial charge in [0.05, 0.1) is 18.1 Å². The van der Waals surface area contributed by atoms with Gasteiger partial charge in [-0.25, -0.2) is 9.97 Å². The summed E-state index contributed by atoms with van der Waals surface area (Å²) in [7, 11) is 0. The van der Waals surface area contributed by atoms with E-state index in [-0.39, 0.29) is 6.01 Å². The van der Waals surface area contributed by atoms with Crippen LogP contribution in [0.5, 0.6) is 11.8 Å². The molecule has 98 valence electrons. The highest BCUT2D eigenvalue weighted by Gasteiger charge is 2.07. The Morgan fingerprint density at radius 2 is 1.45 bits per heavy atom. The first kappa shape index (κ1) is 12.2. The fraction of sp³-hybridized carbons (Fsp3) is 0. The van der Waals surface area contributed by atoms with Crippen LogP contribution in [0.2, 0.25) is 0 Å². The number of aromatic nitrogens is 2. The lowest BCUT2D eigenvalue weighted by Gasteiger charge is -2.09. The Hall–Kier alpha value is -2.88. The minimum atomic E-state index is 0.280. The lowest BCUT2D eigenvalue weighted by Crippen LogP contribution is -1.95. The fourth-order valence-electron chi connectivity index (χ4n) is 1.89. The van der Waals surface area contributed by atoms with Gasteiger partial charge in [-0.15, -0.1) is 0 Å². The highest BCUT2D eigenvalue weighted by molar-refractivity contribution is 5.70. The Kier molecular flexibility index (Phi) is 3.29. The van der Waals surface area contributed by atoms with E-state index in [0.29, 0.717) is 11.4 Å². The van der Waals surface area contributed by atoms with Crippen molar-refractivity contribution in [2.75, 3.05) is 5.73 Å². The van der Waals surface area contributed by atoms with Gasteiger partial charge in [0.25, 0.3) is 0 Å². The Morgan fingerprint density at radius 1 is 0.800 bits per heavy atom. The van der Waals surface area contributed by atoms with Crippen LogP contribution in [0.4, 0.5) is 5.69 Å². The summed E-state index contributed by atoms with van der Waals surface area (Å²) in [5.74, 6) is 0.712. The van der Waals surface area contributed by atoms with Crippen molar-refractivity contribution in [1.82, 2.24) is 9.97 Å². The third-order valence-electron chi connectivity index (χ3n) is 2.82. The normalized spacial score (nSPS) is 10.2. The number of nitrogen functional groups attached to an aromatic ring is 1. The molecule has 20 heavy (non-hydrogen) atoms. The van der Waals surface area contributed by atoms with Crippen LogP contribution in [-0.4, -0.2) is 9.97 Å². The minimum absolute atomic E-state index is 0.280. The molecule has 2 N–H and O–H groups in total. The van der Waals surface area contributed by atoms with Gasteiger partial charge in [0.15, 0.2) is 0 Å². The Balaban J connectivity index is 1.96. The quantitative estimate of drug-likeness (QED) is 0.785. The first-order valence-corrected chi connectivity index (χ1v) is 6.23. The number of para-hydroxylation sites is 1. The van der Waals surface area contributed by atoms with Crippen LogP contribution in [0.25, 0.3) is 11.1 Å². The number of rotatable bonds is 3. The zero-order chi connectivity index (χ0) is 13.8. The van der Waals surface area contributed by atoms with Crippen LogP contribution in [0.15, 0.2) is 67.0 Å². The largest absolute Gasteiger partial charge is 0.424 e. The molecule has 0 aliphatic heterocycles. The predicted octanol–water partition coefficient (Wildman–Crippen LogP) is 3.52. The third kappa shape index (κ3) is 2.59. The van der Waals surface area contributed by atoms with Crippen molar-refractivity contribution >= 4 is 5.69 Å². The molecule has 4 nitrogen and oxygen atoms in total. The Morgan fingerprint density at radius 3 is 2.20 bits per heavy atom. The second-order valence-electron chi connectivity index (χ2n) is 4.26. The topological polar surface area (TPSA) is 61.0 Å². The summed E-state index contributed by atoms with van der Waals surface area (Å²) in [5.41, 5.74) is 8.14. The highest BCUT2D eigenvalue weighted by atomic mass is 16.5. The molecule has 0 fully saturated rings. The maximum atomic E-state index is 5.74. The van der Waals surface area contributed by atoms with Crippen LogP contribution >= 0.6 is 0 Å². The molecule has 3 aromatic rings. The Bertz CT molecular complexity index is 696. The van der Waals surface area contributed by atoms with Gasteiger partial charge >= 0.3 is 6.01 Å². The van der Waals surface area contributed by atoms with Crippen LogP contribution < -0.4 is 10.5 Å². The highest BCUT2D eigenvalue weighted by Crippen LogP contribution is 2.31. The smallest absolute Gasteiger partial charge is 0.322 e. The zero-order valence-electron chi connectivity index (χ0n) is 10.7. The van der Waals surface area contributed by atoms with E-state index in [1.807, 2.05) is 54.6 Å². The summed E-state index contributed by atoms with van der Waals surface area (Å²) in [4.78, 5) is 8.10. The molecule has 0 amide bonds. The van der Waals surface area contributed by atoms with E-state index in [4.69, 9.17) is 10.5 Å². The minimum Gasteiger partial charge on any atom is -0.424 e. The number of hydrogen-bond donors (Lipinski definition) is 1. The first-order chi connectivity index (χ1) is 9.83. The van der Waals surface area contributed by atoms with Crippen molar-refractivity contribution in [2.45, 2.75) is 0 Å². The molecule has 0 atom stereocenters. The molecule has 0 unspecified atom stereocenters. The van der Waals surface area contributed by atoms with Crippen molar-refractivity contribution in [3.63, 3.8) is 0 Å². The molecule has 0 aliphatic carbocycles. The summed E-state index contributed by atoms with van der Waals surface area (Å²) in [6, 6.07) is 18.1. The van der Waals surface area contributed by atoms with Gasteiger partial charge in [0, 0.05) is 5.56 Å². The van der Waals surface area contributed by atoms with Gasteiger partial charge in [-0.2, -0.15) is 0 Å². The van der Waals surface area contributed by atoms with E-state index >= 15 is 0 Å². The number of nitrogens with zero attached hydrogens (tertiary/aromatic N) is 2. The summed E-state index contributed by atoms with van der Waals surface area (Å²) >= 11 is 0. The fourth-order valence-corrected chi connectivity index (χ4v) is 1.89. The van der Waals surface area contributed by atoms with Crippen LogP contribution in [0, 0.1) is 0 Å². The molecule has 0 bridgehead atoms. The van der Waals surface area contributed by atoms with E-state index in [9.17, 15) is 0 Å². The summed E-state index contributed by atoms with van der Waals surface area (Å²) in [6.07, 6.45) is 3.04. The Labute approximate surface area is 116 Å². The van der Waals surface area contributed by atoms with Gasteiger partial charge in [0.2, 0.25) is 0 Å². The van der Waals surface area contributed by atoms with E-state index in [1.165, 1.54) is 12.4 Å². The SMILES string of the molecule is Nc1cnc(Oc2ccccc2-c2ccccc2)nc1. The van der Waals surface area contributed by atoms with Crippen molar-refractivity contribution in [3.05, 3.63) is 67.0 Å². The van der Waals surface area contributed by atoms with Gasteiger partial charge in [-0.05, 0) is 11.6 Å². The molecule has 0 aliphatic rings. The molecular formula is C16H13N3O. The second kappa shape index (κ2) is 5.40. The standard InChI is InChI=1S/C16H13N3O/c17-13-10-18-16(19-11-13)20-15-9-5-4-8-14(15)12-6-2-1-3-7-12/h1-11H,17H2. The monoisotopic (exact) mass is 263 g/mol. The van der Waals surface area contributed by atoms with Crippen molar-refractivity contribution in [3.8, 4) is 22.9 Å². The van der Waals surface area contributed by atoms with Crippen molar-refractivity contribution in [1.29, 1.82) is 0 Å². The number of benzene rings is 2. The number of ether oxygens (including phenoxy) is 1. The predicted molar refractivity (Wildman–Crippen MR) is 78.4 cm³/mol. The van der Waals surface area contributed by atoms with Gasteiger partial charge in [0.1, 0.15) is 5.75 Å². The van der Waals surface area contributed by atoms with Gasteiger partial charge in [-0.1, -0.05) is 48.5 Å². The van der Waals surface area contributed by atoms with E-state index < -0.39 is 0 Å². The molecule has 1 aromatic heterocycles. The molecule has 3 rings (SSSR count). The number of anilines is 1. The summed E-state index contributed by atoms with van der Waals surface area (Å²) in [5, 5.41) is 0. The average molecular weight is 263 g/mol. The van der Waals surface area contributed by atoms with Gasteiger partial charge in [-0.3, -0.25) is 0 Å². The van der Waals surface area contributed by atoms with Crippen LogP contribution in [0.3, 0.4) is 0 Å². The number of hydrogen-bond acceptors (Lipinski definition) is 4. The number of nitrogens with two attached hydrogens (primary N) is 1. The summed E-state index contributed by atoms with van der Waals surface area (Å²) in [6.45, 7) is 0. The molecule has 1 heterocycles. The van der Waals surface area contributed by atoms with E-state index in [0.717, 1.165) is 11.1 Å². The van der Waals surface area contributed by atoms with Crippen molar-refractivity contribution in [2.24, 2.45) is 0 Å². The molecule has 2 aromatic carbocycles. The second-order valence-corrected chi connectivity index (χ2v) is 4.26. The van der Waals surface area contributed by atoms with Gasteiger partial charge < -0.3 is 10.5 Å². The molecule has 0 spiro atoms. The molecular weight excluding hydrogens is 250 g/mol. The molecule has 4 heteroatoms. The van der Waals surface area contributed by atoms with Crippen LogP contribution in [-0.2, 0) is 0 Å². The lowest BCUT2D eigenvalue weighted by molar-refractivity contribution is 0.443. The van der Waals surface area contributed by atoms with E-state index in [1.54, 1.807) is 0 Å². The van der Waals surface area contributed by atoms with Crippen molar-refractivity contribution < 1.29 is 4.74 Å². The maximum absolute atomic E-state index is 5.74. The van der Waals surface area contributed by atoms with Crippen LogP contribution in [0.1, 0.15) is 0 Å².